The van der Waals surface area contributed by atoms with Gasteiger partial charge in [-0.15, -0.1) is 0 Å². The van der Waals surface area contributed by atoms with Crippen LogP contribution >= 0.6 is 23.5 Å². The Hall–Kier alpha value is -3.95. The molecule has 5 rings (SSSR count). The molecule has 1 unspecified atom stereocenters. The van der Waals surface area contributed by atoms with E-state index in [0.717, 1.165) is 18.2 Å². The Morgan fingerprint density at radius 2 is 1.84 bits per heavy atom. The van der Waals surface area contributed by atoms with Crippen LogP contribution < -0.4 is 20.8 Å². The smallest absolute Gasteiger partial charge is 0.392 e. The van der Waals surface area contributed by atoms with Gasteiger partial charge in [0.25, 0.3) is 5.56 Å². The summed E-state index contributed by atoms with van der Waals surface area (Å²) in [5.74, 6) is -1.39. The maximum atomic E-state index is 14.1. The van der Waals surface area contributed by atoms with Crippen molar-refractivity contribution in [1.82, 2.24) is 24.3 Å². The van der Waals surface area contributed by atoms with Gasteiger partial charge in [-0.3, -0.25) is 14.0 Å². The van der Waals surface area contributed by atoms with Crippen molar-refractivity contribution >= 4 is 51.3 Å². The van der Waals surface area contributed by atoms with E-state index < -0.39 is 42.4 Å². The van der Waals surface area contributed by atoms with Gasteiger partial charge in [-0.1, -0.05) is 23.5 Å². The number of aromatic nitrogens is 5. The lowest BCUT2D eigenvalue weighted by molar-refractivity contribution is -0.139. The molecular weight excluding hydrogens is 617 g/mol. The Bertz CT molecular complexity index is 1880. The molecule has 0 bridgehead atoms. The molecule has 2 aromatic carbocycles. The van der Waals surface area contributed by atoms with E-state index >= 15 is 0 Å². The maximum Gasteiger partial charge on any atom is 0.392 e. The lowest BCUT2D eigenvalue weighted by atomic mass is 10.0. The van der Waals surface area contributed by atoms with Crippen molar-refractivity contribution in [1.29, 1.82) is 0 Å². The van der Waals surface area contributed by atoms with E-state index in [1.54, 1.807) is 25.4 Å². The number of ether oxygens (including phenoxy) is 1. The minimum atomic E-state index is -4.43. The van der Waals surface area contributed by atoms with E-state index in [0.29, 0.717) is 27.4 Å². The van der Waals surface area contributed by atoms with Crippen LogP contribution in [0, 0.1) is 11.6 Å². The number of fused-ring (bicyclic) bond motifs is 2. The number of rotatable bonds is 9. The molecule has 43 heavy (non-hydrogen) atoms. The van der Waals surface area contributed by atoms with Crippen molar-refractivity contribution in [3.8, 4) is 11.6 Å². The summed E-state index contributed by atoms with van der Waals surface area (Å²) in [6.07, 6.45) is -3.96. The number of anilines is 1. The number of aryl methyl sites for hydroxylation is 1. The molecule has 0 aliphatic heterocycles. The first-order valence-electron chi connectivity index (χ1n) is 12.6. The van der Waals surface area contributed by atoms with Crippen molar-refractivity contribution in [2.75, 3.05) is 17.6 Å². The number of benzene rings is 2. The van der Waals surface area contributed by atoms with Crippen LogP contribution in [0.1, 0.15) is 23.9 Å². The van der Waals surface area contributed by atoms with E-state index in [1.165, 1.54) is 33.3 Å². The summed E-state index contributed by atoms with van der Waals surface area (Å²) >= 11 is 7.83. The molecule has 0 fully saturated rings. The predicted molar refractivity (Wildman–Crippen MR) is 155 cm³/mol. The third-order valence-corrected chi connectivity index (χ3v) is 7.15. The van der Waals surface area contributed by atoms with Gasteiger partial charge >= 0.3 is 6.18 Å². The van der Waals surface area contributed by atoms with Crippen LogP contribution in [0.5, 0.6) is 5.88 Å². The highest BCUT2D eigenvalue weighted by atomic mass is 35.5. The lowest BCUT2D eigenvalue weighted by Crippen LogP contribution is -2.30. The Morgan fingerprint density at radius 1 is 1.12 bits per heavy atom. The number of nitrogens with one attached hydrogen (secondary N) is 1. The van der Waals surface area contributed by atoms with Crippen LogP contribution in [0.15, 0.2) is 47.3 Å². The topological polar surface area (TPSA) is 113 Å². The van der Waals surface area contributed by atoms with Crippen molar-refractivity contribution in [3.63, 3.8) is 0 Å². The Kier molecular flexibility index (Phi) is 8.49. The average Bonchev–Trinajstić information content (AvgIpc) is 3.24. The van der Waals surface area contributed by atoms with Gasteiger partial charge in [0.15, 0.2) is 11.5 Å². The van der Waals surface area contributed by atoms with Gasteiger partial charge in [0.1, 0.15) is 17.5 Å². The molecule has 3 aromatic heterocycles. The Labute approximate surface area is 249 Å². The molecule has 0 spiro atoms. The highest BCUT2D eigenvalue weighted by Crippen LogP contribution is 2.35. The second-order valence-electron chi connectivity index (χ2n) is 9.50. The molecule has 226 valence electrons. The molecular formula is C27H23ClF5N7O2S. The van der Waals surface area contributed by atoms with Crippen LogP contribution in [0.2, 0.25) is 5.02 Å². The summed E-state index contributed by atoms with van der Waals surface area (Å²) in [5, 5.41) is 5.37. The summed E-state index contributed by atoms with van der Waals surface area (Å²) in [5.41, 5.74) is 6.76. The molecule has 0 amide bonds. The largest absolute Gasteiger partial charge is 0.477 e. The van der Waals surface area contributed by atoms with Crippen LogP contribution in [0.3, 0.4) is 0 Å². The summed E-state index contributed by atoms with van der Waals surface area (Å²) in [4.78, 5) is 22.8. The molecule has 0 saturated carbocycles. The van der Waals surface area contributed by atoms with Crippen molar-refractivity contribution in [3.05, 3.63) is 80.9 Å². The number of pyridine rings is 1. The van der Waals surface area contributed by atoms with Crippen molar-refractivity contribution in [2.24, 2.45) is 12.8 Å². The summed E-state index contributed by atoms with van der Waals surface area (Å²) in [7, 11) is 1.66. The number of hydrogen-bond acceptors (Lipinski definition) is 8. The SMILES string of the molecule is CSNc1nn(C)c2c(-n3c(C(N)Cc4cc(F)cc(F)c4)nc4nc(OCCC(F)(F)F)ccc4c3=O)ccc(Cl)c12. The number of alkyl halides is 3. The monoisotopic (exact) mass is 639 g/mol. The minimum absolute atomic E-state index is 0.0173. The zero-order valence-corrected chi connectivity index (χ0v) is 24.1. The van der Waals surface area contributed by atoms with Gasteiger partial charge in [0.05, 0.1) is 46.1 Å². The lowest BCUT2D eigenvalue weighted by Gasteiger charge is -2.20. The van der Waals surface area contributed by atoms with E-state index in [-0.39, 0.29) is 34.7 Å². The zero-order chi connectivity index (χ0) is 31.1. The number of nitrogens with zero attached hydrogens (tertiary/aromatic N) is 5. The van der Waals surface area contributed by atoms with Gasteiger partial charge in [-0.2, -0.15) is 23.3 Å². The average molecular weight is 640 g/mol. The molecule has 0 saturated heterocycles. The molecule has 9 nitrogen and oxygen atoms in total. The van der Waals surface area contributed by atoms with E-state index in [1.807, 2.05) is 0 Å². The first-order valence-corrected chi connectivity index (χ1v) is 14.2. The number of halogens is 6. The third kappa shape index (κ3) is 6.38. The second-order valence-corrected chi connectivity index (χ2v) is 10.5. The van der Waals surface area contributed by atoms with E-state index in [4.69, 9.17) is 22.1 Å². The minimum Gasteiger partial charge on any atom is -0.477 e. The molecule has 5 aromatic rings. The fraction of sp³-hybridized carbons (Fsp3) is 0.259. The van der Waals surface area contributed by atoms with Crippen LogP contribution in [-0.2, 0) is 13.5 Å². The van der Waals surface area contributed by atoms with E-state index in [9.17, 15) is 26.7 Å². The predicted octanol–water partition coefficient (Wildman–Crippen LogP) is 5.86. The van der Waals surface area contributed by atoms with Gasteiger partial charge < -0.3 is 15.2 Å². The van der Waals surface area contributed by atoms with Crippen LogP contribution in [-0.4, -0.2) is 43.4 Å². The third-order valence-electron chi connectivity index (χ3n) is 6.43. The summed E-state index contributed by atoms with van der Waals surface area (Å²) in [6.45, 7) is -0.688. The second kappa shape index (κ2) is 12.0. The molecule has 3 heterocycles. The highest BCUT2D eigenvalue weighted by molar-refractivity contribution is 7.99. The fourth-order valence-electron chi connectivity index (χ4n) is 4.68. The number of nitrogens with two attached hydrogens (primary N) is 1. The molecule has 3 N–H and O–H groups in total. The van der Waals surface area contributed by atoms with Crippen molar-refractivity contribution in [2.45, 2.75) is 25.1 Å². The van der Waals surface area contributed by atoms with Crippen molar-refractivity contribution < 1.29 is 26.7 Å². The maximum absolute atomic E-state index is 14.1. The van der Waals surface area contributed by atoms with Gasteiger partial charge in [0, 0.05) is 25.4 Å². The Morgan fingerprint density at radius 3 is 2.51 bits per heavy atom. The standard InChI is InChI=1S/C27H23ClF5N7O2S/c1-39-22-19(5-4-17(28)21(22)24(37-39)38-43-2)40-25(18(34)11-13-9-14(29)12-15(30)10-13)36-23-16(26(40)41)3-6-20(35-23)42-8-7-27(31,32)33/h3-6,9-10,12,18H,7-8,11,34H2,1-2H3,(H,37,38). The first-order chi connectivity index (χ1) is 20.4. The van der Waals surface area contributed by atoms with Gasteiger partial charge in [-0.25, -0.2) is 13.8 Å². The highest BCUT2D eigenvalue weighted by Gasteiger charge is 2.27. The zero-order valence-electron chi connectivity index (χ0n) is 22.5. The Balaban J connectivity index is 1.71. The van der Waals surface area contributed by atoms with Gasteiger partial charge in [0.2, 0.25) is 5.88 Å². The molecule has 0 aliphatic rings. The number of hydrogen-bond donors (Lipinski definition) is 2. The van der Waals surface area contributed by atoms with Crippen LogP contribution in [0.25, 0.3) is 27.6 Å². The van der Waals surface area contributed by atoms with E-state index in [2.05, 4.69) is 19.8 Å². The normalized spacial score (nSPS) is 12.7. The molecule has 0 aliphatic carbocycles. The van der Waals surface area contributed by atoms with Gasteiger partial charge in [-0.05, 0) is 42.3 Å². The molecule has 16 heteroatoms. The summed E-state index contributed by atoms with van der Waals surface area (Å²) < 4.78 is 76.7. The first kappa shape index (κ1) is 30.5. The fourth-order valence-corrected chi connectivity index (χ4v) is 5.26. The summed E-state index contributed by atoms with van der Waals surface area (Å²) in [6, 6.07) is 7.61. The molecule has 1 atom stereocenters. The quantitative estimate of drug-likeness (QED) is 0.152. The molecule has 0 radical (unpaired) electrons. The van der Waals surface area contributed by atoms with Crippen LogP contribution in [0.4, 0.5) is 27.8 Å².